The molecule has 1 N–H and O–H groups in total. The molecular weight excluding hydrogens is 470 g/mol. The van der Waals surface area contributed by atoms with Crippen LogP contribution < -0.4 is 4.74 Å². The van der Waals surface area contributed by atoms with Crippen LogP contribution in [0.25, 0.3) is 10.9 Å². The number of aliphatic hydroxyl groups excluding tert-OH is 1. The van der Waals surface area contributed by atoms with Crippen LogP contribution >= 0.6 is 11.6 Å². The predicted octanol–water partition coefficient (Wildman–Crippen LogP) is 5.95. The molecule has 3 aromatic rings. The quantitative estimate of drug-likeness (QED) is 0.409. The van der Waals surface area contributed by atoms with Crippen LogP contribution in [0.3, 0.4) is 0 Å². The van der Waals surface area contributed by atoms with Crippen LogP contribution in [0.2, 0.25) is 5.02 Å². The number of alkyl halides is 1. The van der Waals surface area contributed by atoms with Gasteiger partial charge in [-0.15, -0.1) is 0 Å². The van der Waals surface area contributed by atoms with Gasteiger partial charge in [-0.2, -0.15) is 0 Å². The van der Waals surface area contributed by atoms with E-state index in [-0.39, 0.29) is 24.3 Å². The van der Waals surface area contributed by atoms with Crippen molar-refractivity contribution in [3.05, 3.63) is 70.6 Å². The minimum atomic E-state index is -1.27. The molecule has 0 unspecified atom stereocenters. The van der Waals surface area contributed by atoms with Crippen molar-refractivity contribution in [2.24, 2.45) is 5.41 Å². The number of rotatable bonds is 7. The minimum Gasteiger partial charge on any atom is -0.497 e. The van der Waals surface area contributed by atoms with E-state index < -0.39 is 6.17 Å². The third-order valence-corrected chi connectivity index (χ3v) is 7.24. The lowest BCUT2D eigenvalue weighted by Crippen LogP contribution is -2.42. The fraction of sp³-hybridized carbons (Fsp3) is 0.393. The first-order valence-corrected chi connectivity index (χ1v) is 12.1. The molecule has 0 spiro atoms. The number of methoxy groups -OCH3 is 1. The number of halogens is 3. The number of hydrogen-bond acceptors (Lipinski definition) is 4. The summed E-state index contributed by atoms with van der Waals surface area (Å²) < 4.78 is 33.9. The van der Waals surface area contributed by atoms with E-state index in [1.165, 1.54) is 18.3 Å². The molecule has 2 heterocycles. The number of piperidine rings is 1. The first-order valence-electron chi connectivity index (χ1n) is 11.8. The first-order chi connectivity index (χ1) is 16.9. The molecular formula is C28H29ClF2N2O2. The second-order valence-corrected chi connectivity index (χ2v) is 9.56. The number of aliphatic hydroxyl groups is 1. The number of fused-ring (bicyclic) bond motifs is 1. The number of hydrogen-bond donors (Lipinski definition) is 1. The second-order valence-electron chi connectivity index (χ2n) is 9.15. The van der Waals surface area contributed by atoms with E-state index in [0.29, 0.717) is 40.2 Å². The molecule has 1 fully saturated rings. The monoisotopic (exact) mass is 498 g/mol. The average Bonchev–Trinajstić information content (AvgIpc) is 2.89. The molecule has 4 nitrogen and oxygen atoms in total. The molecule has 35 heavy (non-hydrogen) atoms. The largest absolute Gasteiger partial charge is 0.497 e. The van der Waals surface area contributed by atoms with Gasteiger partial charge in [-0.3, -0.25) is 9.88 Å². The highest BCUT2D eigenvalue weighted by atomic mass is 35.5. The summed E-state index contributed by atoms with van der Waals surface area (Å²) >= 11 is 6.37. The van der Waals surface area contributed by atoms with Gasteiger partial charge in [-0.25, -0.2) is 8.78 Å². The summed E-state index contributed by atoms with van der Waals surface area (Å²) in [5.41, 5.74) is 1.55. The van der Waals surface area contributed by atoms with Crippen molar-refractivity contribution in [1.82, 2.24) is 9.88 Å². The summed E-state index contributed by atoms with van der Waals surface area (Å²) in [6.07, 6.45) is 2.58. The zero-order chi connectivity index (χ0) is 24.8. The molecule has 7 heteroatoms. The molecule has 1 aromatic heterocycles. The number of aromatic nitrogens is 1. The fourth-order valence-electron chi connectivity index (χ4n) is 4.65. The fourth-order valence-corrected chi connectivity index (χ4v) is 4.92. The average molecular weight is 499 g/mol. The van der Waals surface area contributed by atoms with Crippen molar-refractivity contribution >= 4 is 22.5 Å². The van der Waals surface area contributed by atoms with Crippen LogP contribution in [0.15, 0.2) is 48.7 Å². The molecule has 1 saturated heterocycles. The highest BCUT2D eigenvalue weighted by Crippen LogP contribution is 2.41. The SMILES string of the molecule is COc1ccc2ncc(Cl)c([C@H](F)CCC3(CO)CCN(CC#Cc4ccc(F)cc4)CC3)c2c1. The van der Waals surface area contributed by atoms with Crippen LogP contribution in [0.1, 0.15) is 43.0 Å². The van der Waals surface area contributed by atoms with Crippen molar-refractivity contribution in [3.63, 3.8) is 0 Å². The Bertz CT molecular complexity index is 1220. The van der Waals surface area contributed by atoms with E-state index in [0.717, 1.165) is 31.5 Å². The number of ether oxygens (including phenoxy) is 1. The summed E-state index contributed by atoms with van der Waals surface area (Å²) in [6.45, 7) is 2.19. The Labute approximate surface area is 209 Å². The number of likely N-dealkylation sites (tertiary alicyclic amines) is 1. The van der Waals surface area contributed by atoms with E-state index >= 15 is 4.39 Å². The van der Waals surface area contributed by atoms with E-state index in [1.54, 1.807) is 37.4 Å². The topological polar surface area (TPSA) is 45.6 Å². The maximum Gasteiger partial charge on any atom is 0.127 e. The summed E-state index contributed by atoms with van der Waals surface area (Å²) in [6, 6.07) is 11.5. The van der Waals surface area contributed by atoms with Gasteiger partial charge in [0, 0.05) is 29.3 Å². The summed E-state index contributed by atoms with van der Waals surface area (Å²) in [4.78, 5) is 6.54. The molecule has 2 aromatic carbocycles. The van der Waals surface area contributed by atoms with Crippen molar-refractivity contribution in [2.75, 3.05) is 33.4 Å². The van der Waals surface area contributed by atoms with Crippen LogP contribution in [0.5, 0.6) is 5.75 Å². The van der Waals surface area contributed by atoms with Crippen molar-refractivity contribution in [3.8, 4) is 17.6 Å². The van der Waals surface area contributed by atoms with Gasteiger partial charge in [0.2, 0.25) is 0 Å². The first kappa shape index (κ1) is 25.4. The molecule has 1 atom stereocenters. The normalized spacial score (nSPS) is 16.5. The smallest absolute Gasteiger partial charge is 0.127 e. The Balaban J connectivity index is 1.37. The Morgan fingerprint density at radius 2 is 1.94 bits per heavy atom. The maximum absolute atomic E-state index is 15.6. The van der Waals surface area contributed by atoms with E-state index in [2.05, 4.69) is 21.7 Å². The number of benzene rings is 2. The zero-order valence-corrected chi connectivity index (χ0v) is 20.5. The van der Waals surface area contributed by atoms with Gasteiger partial charge in [0.1, 0.15) is 17.7 Å². The van der Waals surface area contributed by atoms with Gasteiger partial charge in [-0.1, -0.05) is 23.4 Å². The highest BCUT2D eigenvalue weighted by molar-refractivity contribution is 6.32. The lowest BCUT2D eigenvalue weighted by Gasteiger charge is -2.40. The standard InChI is InChI=1S/C28H29ClF2N2O2/c1-35-22-8-9-26-23(17-22)27(24(29)18-32-26)25(31)10-11-28(19-34)12-15-33(16-13-28)14-2-3-20-4-6-21(30)7-5-20/h4-9,17-18,25,34H,10-16,19H2,1H3/t25-/m1/s1. The minimum absolute atomic E-state index is 0.0213. The van der Waals surface area contributed by atoms with Gasteiger partial charge in [0.15, 0.2) is 0 Å². The summed E-state index contributed by atoms with van der Waals surface area (Å²) in [5, 5.41) is 11.1. The predicted molar refractivity (Wildman–Crippen MR) is 135 cm³/mol. The van der Waals surface area contributed by atoms with E-state index in [9.17, 15) is 9.50 Å². The third kappa shape index (κ3) is 6.10. The van der Waals surface area contributed by atoms with Crippen molar-refractivity contribution < 1.29 is 18.6 Å². The Morgan fingerprint density at radius 1 is 1.20 bits per heavy atom. The molecule has 0 aliphatic carbocycles. The second kappa shape index (κ2) is 11.3. The lowest BCUT2D eigenvalue weighted by molar-refractivity contribution is 0.0344. The highest BCUT2D eigenvalue weighted by Gasteiger charge is 2.35. The van der Waals surface area contributed by atoms with Gasteiger partial charge >= 0.3 is 0 Å². The molecule has 0 radical (unpaired) electrons. The van der Waals surface area contributed by atoms with Crippen LogP contribution in [0, 0.1) is 23.1 Å². The maximum atomic E-state index is 15.6. The summed E-state index contributed by atoms with van der Waals surface area (Å²) in [5.74, 6) is 6.54. The summed E-state index contributed by atoms with van der Waals surface area (Å²) in [7, 11) is 1.57. The molecule has 1 aliphatic heterocycles. The van der Waals surface area contributed by atoms with Gasteiger partial charge in [0.05, 0.1) is 24.2 Å². The Morgan fingerprint density at radius 3 is 2.63 bits per heavy atom. The molecule has 4 rings (SSSR count). The van der Waals surface area contributed by atoms with Gasteiger partial charge in [0.25, 0.3) is 0 Å². The van der Waals surface area contributed by atoms with Crippen LogP contribution in [0.4, 0.5) is 8.78 Å². The van der Waals surface area contributed by atoms with Crippen LogP contribution in [-0.4, -0.2) is 48.3 Å². The van der Waals surface area contributed by atoms with Gasteiger partial charge in [-0.05, 0) is 86.7 Å². The van der Waals surface area contributed by atoms with Gasteiger partial charge < -0.3 is 9.84 Å². The lowest BCUT2D eigenvalue weighted by atomic mass is 9.74. The molecule has 0 amide bonds. The van der Waals surface area contributed by atoms with E-state index in [1.807, 2.05) is 0 Å². The molecule has 0 saturated carbocycles. The Kier molecular flexibility index (Phi) is 8.22. The molecule has 0 bridgehead atoms. The van der Waals surface area contributed by atoms with Crippen molar-refractivity contribution in [2.45, 2.75) is 31.9 Å². The third-order valence-electron chi connectivity index (χ3n) is 6.94. The molecule has 184 valence electrons. The Hall–Kier alpha value is -2.72. The number of pyridine rings is 1. The zero-order valence-electron chi connectivity index (χ0n) is 19.7. The molecule has 1 aliphatic rings. The number of nitrogens with zero attached hydrogens (tertiary/aromatic N) is 2. The van der Waals surface area contributed by atoms with Crippen molar-refractivity contribution in [1.29, 1.82) is 0 Å². The van der Waals surface area contributed by atoms with E-state index in [4.69, 9.17) is 16.3 Å². The van der Waals surface area contributed by atoms with Crippen LogP contribution in [-0.2, 0) is 0 Å².